The van der Waals surface area contributed by atoms with E-state index in [0.29, 0.717) is 12.1 Å². The third kappa shape index (κ3) is 7.20. The Morgan fingerprint density at radius 2 is 1.68 bits per heavy atom. The second kappa shape index (κ2) is 12.7. The molecule has 0 spiro atoms. The van der Waals surface area contributed by atoms with Crippen molar-refractivity contribution >= 4 is 32.9 Å². The van der Waals surface area contributed by atoms with Crippen molar-refractivity contribution in [3.05, 3.63) is 64.4 Å². The van der Waals surface area contributed by atoms with Gasteiger partial charge in [0, 0.05) is 29.5 Å². The highest BCUT2D eigenvalue weighted by atomic mass is 79.9. The fraction of sp³-hybridized carbons (Fsp3) is 0.462. The Bertz CT molecular complexity index is 949. The van der Waals surface area contributed by atoms with Gasteiger partial charge in [0.25, 0.3) is 5.91 Å². The van der Waals surface area contributed by atoms with Gasteiger partial charge in [-0.25, -0.2) is 4.98 Å². The Balaban J connectivity index is 1.44. The first-order chi connectivity index (χ1) is 15.2. The van der Waals surface area contributed by atoms with Gasteiger partial charge in [-0.05, 0) is 55.7 Å². The van der Waals surface area contributed by atoms with Crippen LogP contribution in [0.15, 0.2) is 53.0 Å². The summed E-state index contributed by atoms with van der Waals surface area (Å²) in [5, 5.41) is 3.02. The van der Waals surface area contributed by atoms with Crippen LogP contribution in [0.1, 0.15) is 74.5 Å². The van der Waals surface area contributed by atoms with E-state index in [-0.39, 0.29) is 5.91 Å². The number of hydrogen-bond donors (Lipinski definition) is 1. The van der Waals surface area contributed by atoms with Crippen molar-refractivity contribution in [2.75, 3.05) is 6.54 Å². The lowest BCUT2D eigenvalue weighted by atomic mass is 10.1. The van der Waals surface area contributed by atoms with E-state index in [0.717, 1.165) is 42.2 Å². The number of halogens is 1. The van der Waals surface area contributed by atoms with Gasteiger partial charge in [0.1, 0.15) is 5.82 Å². The Labute approximate surface area is 194 Å². The van der Waals surface area contributed by atoms with Crippen LogP contribution in [0, 0.1) is 0 Å². The van der Waals surface area contributed by atoms with E-state index in [4.69, 9.17) is 4.98 Å². The molecule has 1 amide bonds. The molecule has 0 saturated carbocycles. The average molecular weight is 484 g/mol. The molecule has 0 radical (unpaired) electrons. The summed E-state index contributed by atoms with van der Waals surface area (Å²) in [5.74, 6) is 1.20. The second-order valence-electron chi connectivity index (χ2n) is 8.16. The number of nitrogens with one attached hydrogen (secondary N) is 1. The summed E-state index contributed by atoms with van der Waals surface area (Å²) < 4.78 is 3.41. The molecule has 1 N–H and O–H groups in total. The molecule has 0 atom stereocenters. The van der Waals surface area contributed by atoms with E-state index in [9.17, 15) is 4.79 Å². The summed E-state index contributed by atoms with van der Waals surface area (Å²) >= 11 is 3.40. The topological polar surface area (TPSA) is 46.9 Å². The summed E-state index contributed by atoms with van der Waals surface area (Å²) in [6, 6.07) is 15.9. The van der Waals surface area contributed by atoms with Gasteiger partial charge in [-0.2, -0.15) is 0 Å². The van der Waals surface area contributed by atoms with Gasteiger partial charge in [0.2, 0.25) is 0 Å². The molecule has 166 valence electrons. The van der Waals surface area contributed by atoms with E-state index < -0.39 is 0 Å². The highest BCUT2D eigenvalue weighted by molar-refractivity contribution is 9.10. The zero-order chi connectivity index (χ0) is 21.9. The molecular weight excluding hydrogens is 450 g/mol. The Kier molecular flexibility index (Phi) is 9.60. The van der Waals surface area contributed by atoms with E-state index in [1.54, 1.807) is 0 Å². The zero-order valence-corrected chi connectivity index (χ0v) is 20.2. The van der Waals surface area contributed by atoms with Crippen molar-refractivity contribution in [3.63, 3.8) is 0 Å². The number of aromatic nitrogens is 2. The van der Waals surface area contributed by atoms with Gasteiger partial charge in [-0.3, -0.25) is 4.79 Å². The summed E-state index contributed by atoms with van der Waals surface area (Å²) in [7, 11) is 0. The standard InChI is InChI=1S/C26H34BrN3O/c1-2-3-4-5-11-20-30-24-13-9-8-12-23(24)29-25(30)14-7-6-10-19-28-26(31)21-15-17-22(27)18-16-21/h8-9,12-13,15-18H,2-7,10-11,14,19-20H2,1H3,(H,28,31). The molecule has 0 unspecified atom stereocenters. The maximum Gasteiger partial charge on any atom is 0.251 e. The van der Waals surface area contributed by atoms with E-state index in [1.807, 2.05) is 24.3 Å². The van der Waals surface area contributed by atoms with Crippen LogP contribution in [0.2, 0.25) is 0 Å². The summed E-state index contributed by atoms with van der Waals surface area (Å²) in [5.41, 5.74) is 3.07. The number of unbranched alkanes of at least 4 members (excludes halogenated alkanes) is 6. The van der Waals surface area contributed by atoms with E-state index in [1.165, 1.54) is 43.4 Å². The number of amides is 1. The van der Waals surface area contributed by atoms with Crippen molar-refractivity contribution in [3.8, 4) is 0 Å². The highest BCUT2D eigenvalue weighted by Gasteiger charge is 2.10. The van der Waals surface area contributed by atoms with Gasteiger partial charge in [0.15, 0.2) is 0 Å². The van der Waals surface area contributed by atoms with Crippen molar-refractivity contribution in [2.45, 2.75) is 71.3 Å². The predicted octanol–water partition coefficient (Wildman–Crippen LogP) is 6.91. The number of imidazole rings is 1. The number of benzene rings is 2. The Morgan fingerprint density at radius 1 is 0.935 bits per heavy atom. The molecule has 4 nitrogen and oxygen atoms in total. The van der Waals surface area contributed by atoms with Crippen LogP contribution in [0.3, 0.4) is 0 Å². The smallest absolute Gasteiger partial charge is 0.251 e. The normalized spacial score (nSPS) is 11.2. The first kappa shape index (κ1) is 23.5. The summed E-state index contributed by atoms with van der Waals surface area (Å²) in [4.78, 5) is 17.1. The maximum atomic E-state index is 12.2. The van der Waals surface area contributed by atoms with Gasteiger partial charge in [-0.1, -0.05) is 67.1 Å². The first-order valence-electron chi connectivity index (χ1n) is 11.7. The third-order valence-electron chi connectivity index (χ3n) is 5.69. The number of carbonyl (C=O) groups excluding carboxylic acids is 1. The van der Waals surface area contributed by atoms with Crippen LogP contribution in [0.4, 0.5) is 0 Å². The molecule has 1 aromatic heterocycles. The van der Waals surface area contributed by atoms with Crippen LogP contribution in [-0.4, -0.2) is 22.0 Å². The number of fused-ring (bicyclic) bond motifs is 1. The molecule has 0 aliphatic rings. The van der Waals surface area contributed by atoms with Gasteiger partial charge in [0.05, 0.1) is 11.0 Å². The molecule has 0 aliphatic carbocycles. The fourth-order valence-corrected chi connectivity index (χ4v) is 4.19. The van der Waals surface area contributed by atoms with Gasteiger partial charge >= 0.3 is 0 Å². The first-order valence-corrected chi connectivity index (χ1v) is 12.5. The monoisotopic (exact) mass is 483 g/mol. The van der Waals surface area contributed by atoms with Crippen LogP contribution < -0.4 is 5.32 Å². The number of carbonyl (C=O) groups is 1. The Hall–Kier alpha value is -2.14. The minimum absolute atomic E-state index is 0.00244. The molecule has 0 aliphatic heterocycles. The van der Waals surface area contributed by atoms with Crippen LogP contribution in [0.25, 0.3) is 11.0 Å². The molecule has 0 bridgehead atoms. The van der Waals surface area contributed by atoms with Crippen molar-refractivity contribution < 1.29 is 4.79 Å². The van der Waals surface area contributed by atoms with Crippen LogP contribution >= 0.6 is 15.9 Å². The SMILES string of the molecule is CCCCCCCn1c(CCCCCNC(=O)c2ccc(Br)cc2)nc2ccccc21. The lowest BCUT2D eigenvalue weighted by Crippen LogP contribution is -2.24. The minimum atomic E-state index is -0.00244. The van der Waals surface area contributed by atoms with Crippen LogP contribution in [0.5, 0.6) is 0 Å². The maximum absolute atomic E-state index is 12.2. The van der Waals surface area contributed by atoms with Crippen molar-refractivity contribution in [2.24, 2.45) is 0 Å². The average Bonchev–Trinajstić information content (AvgIpc) is 3.13. The molecule has 0 saturated heterocycles. The van der Waals surface area contributed by atoms with Crippen LogP contribution in [-0.2, 0) is 13.0 Å². The molecule has 3 rings (SSSR count). The molecule has 31 heavy (non-hydrogen) atoms. The number of rotatable bonds is 13. The number of nitrogens with zero attached hydrogens (tertiary/aromatic N) is 2. The number of hydrogen-bond acceptors (Lipinski definition) is 2. The van der Waals surface area contributed by atoms with E-state index >= 15 is 0 Å². The number of para-hydroxylation sites is 2. The zero-order valence-electron chi connectivity index (χ0n) is 18.6. The molecule has 1 heterocycles. The molecule has 3 aromatic rings. The number of aryl methyl sites for hydroxylation is 2. The lowest BCUT2D eigenvalue weighted by Gasteiger charge is -2.10. The molecular formula is C26H34BrN3O. The second-order valence-corrected chi connectivity index (χ2v) is 9.07. The fourth-order valence-electron chi connectivity index (χ4n) is 3.93. The molecule has 0 fully saturated rings. The largest absolute Gasteiger partial charge is 0.352 e. The quantitative estimate of drug-likeness (QED) is 0.268. The van der Waals surface area contributed by atoms with Crippen molar-refractivity contribution in [1.29, 1.82) is 0 Å². The predicted molar refractivity (Wildman–Crippen MR) is 133 cm³/mol. The van der Waals surface area contributed by atoms with Gasteiger partial charge in [-0.15, -0.1) is 0 Å². The third-order valence-corrected chi connectivity index (χ3v) is 6.22. The Morgan fingerprint density at radius 3 is 2.48 bits per heavy atom. The summed E-state index contributed by atoms with van der Waals surface area (Å²) in [6.45, 7) is 4.03. The summed E-state index contributed by atoms with van der Waals surface area (Å²) in [6.07, 6.45) is 10.6. The molecule has 5 heteroatoms. The van der Waals surface area contributed by atoms with Gasteiger partial charge < -0.3 is 9.88 Å². The highest BCUT2D eigenvalue weighted by Crippen LogP contribution is 2.19. The molecule has 2 aromatic carbocycles. The van der Waals surface area contributed by atoms with Crippen molar-refractivity contribution in [1.82, 2.24) is 14.9 Å². The minimum Gasteiger partial charge on any atom is -0.352 e. The van der Waals surface area contributed by atoms with E-state index in [2.05, 4.69) is 57.0 Å². The lowest BCUT2D eigenvalue weighted by molar-refractivity contribution is 0.0953.